The van der Waals surface area contributed by atoms with Crippen molar-refractivity contribution in [3.63, 3.8) is 0 Å². The summed E-state index contributed by atoms with van der Waals surface area (Å²) < 4.78 is 16.7. The molecule has 0 radical (unpaired) electrons. The molecule has 0 fully saturated rings. The van der Waals surface area contributed by atoms with Crippen molar-refractivity contribution >= 4 is 17.9 Å². The Morgan fingerprint density at radius 2 is 0.600 bits per heavy atom. The first-order chi connectivity index (χ1) is 29.5. The second kappa shape index (κ2) is 49.0. The maximum atomic E-state index is 12.7. The van der Waals surface area contributed by atoms with Gasteiger partial charge < -0.3 is 14.2 Å². The molecule has 60 heavy (non-hydrogen) atoms. The Balaban J connectivity index is 4.20. The lowest BCUT2D eigenvalue weighted by Gasteiger charge is -2.18. The highest BCUT2D eigenvalue weighted by molar-refractivity contribution is 5.71. The Labute approximate surface area is 371 Å². The topological polar surface area (TPSA) is 78.9 Å². The van der Waals surface area contributed by atoms with Crippen LogP contribution in [0.1, 0.15) is 258 Å². The Kier molecular flexibility index (Phi) is 46.9. The molecule has 0 aromatic heterocycles. The van der Waals surface area contributed by atoms with Crippen molar-refractivity contribution in [2.24, 2.45) is 0 Å². The van der Waals surface area contributed by atoms with Crippen LogP contribution in [0.15, 0.2) is 48.6 Å². The second-order valence-corrected chi connectivity index (χ2v) is 17.1. The number of allylic oxidation sites excluding steroid dienone is 8. The Bertz CT molecular complexity index is 1060. The number of hydrogen-bond acceptors (Lipinski definition) is 6. The minimum atomic E-state index is -0.775. The quantitative estimate of drug-likeness (QED) is 0.0263. The minimum Gasteiger partial charge on any atom is -0.462 e. The molecule has 0 spiro atoms. The lowest BCUT2D eigenvalue weighted by molar-refractivity contribution is -0.167. The molecule has 0 heterocycles. The van der Waals surface area contributed by atoms with Crippen molar-refractivity contribution in [1.82, 2.24) is 0 Å². The van der Waals surface area contributed by atoms with Crippen LogP contribution in [0, 0.1) is 0 Å². The summed E-state index contributed by atoms with van der Waals surface area (Å²) in [5, 5.41) is 0. The van der Waals surface area contributed by atoms with Crippen LogP contribution in [0.5, 0.6) is 0 Å². The summed E-state index contributed by atoms with van der Waals surface area (Å²) in [6.07, 6.45) is 58.3. The normalized spacial score (nSPS) is 12.4. The SMILES string of the molecule is CCCCC/C=C\CCCCCCCC(=O)OC(COC(=O)CCCCCCCCC)COC(=O)CCCCCCCCCC/C=C\C/C=C\C/C=C\CCCCCCC. The highest BCUT2D eigenvalue weighted by Gasteiger charge is 2.19. The van der Waals surface area contributed by atoms with E-state index in [1.165, 1.54) is 128 Å². The van der Waals surface area contributed by atoms with Crippen LogP contribution in [-0.2, 0) is 28.6 Å². The third-order valence-electron chi connectivity index (χ3n) is 11.1. The molecule has 0 rings (SSSR count). The van der Waals surface area contributed by atoms with Gasteiger partial charge in [-0.3, -0.25) is 14.4 Å². The van der Waals surface area contributed by atoms with Crippen molar-refractivity contribution < 1.29 is 28.6 Å². The lowest BCUT2D eigenvalue weighted by Crippen LogP contribution is -2.30. The van der Waals surface area contributed by atoms with Gasteiger partial charge in [-0.15, -0.1) is 0 Å². The van der Waals surface area contributed by atoms with Crippen molar-refractivity contribution in [2.75, 3.05) is 13.2 Å². The van der Waals surface area contributed by atoms with Crippen LogP contribution in [0.2, 0.25) is 0 Å². The fourth-order valence-electron chi connectivity index (χ4n) is 7.15. The van der Waals surface area contributed by atoms with Crippen LogP contribution in [-0.4, -0.2) is 37.2 Å². The molecule has 0 aromatic carbocycles. The van der Waals surface area contributed by atoms with Crippen LogP contribution < -0.4 is 0 Å². The van der Waals surface area contributed by atoms with Gasteiger partial charge >= 0.3 is 17.9 Å². The first-order valence-electron chi connectivity index (χ1n) is 25.6. The number of carbonyl (C=O) groups excluding carboxylic acids is 3. The highest BCUT2D eigenvalue weighted by atomic mass is 16.6. The van der Waals surface area contributed by atoms with Gasteiger partial charge in [-0.2, -0.15) is 0 Å². The average Bonchev–Trinajstić information content (AvgIpc) is 3.24. The van der Waals surface area contributed by atoms with E-state index in [0.29, 0.717) is 19.3 Å². The molecule has 1 unspecified atom stereocenters. The van der Waals surface area contributed by atoms with Crippen molar-refractivity contribution in [1.29, 1.82) is 0 Å². The van der Waals surface area contributed by atoms with Gasteiger partial charge in [-0.05, 0) is 83.5 Å². The monoisotopic (exact) mass is 841 g/mol. The zero-order valence-corrected chi connectivity index (χ0v) is 39.7. The fraction of sp³-hybridized carbons (Fsp3) is 0.796. The van der Waals surface area contributed by atoms with Gasteiger partial charge in [-0.1, -0.05) is 204 Å². The van der Waals surface area contributed by atoms with Gasteiger partial charge in [0.15, 0.2) is 6.10 Å². The van der Waals surface area contributed by atoms with Crippen LogP contribution in [0.3, 0.4) is 0 Å². The molecule has 0 aliphatic carbocycles. The first kappa shape index (κ1) is 57.4. The molecular formula is C54H96O6. The third-order valence-corrected chi connectivity index (χ3v) is 11.1. The predicted molar refractivity (Wildman–Crippen MR) is 256 cm³/mol. The number of carbonyl (C=O) groups is 3. The van der Waals surface area contributed by atoms with E-state index in [1.807, 2.05) is 0 Å². The summed E-state index contributed by atoms with van der Waals surface area (Å²) in [6.45, 7) is 6.55. The molecular weight excluding hydrogens is 745 g/mol. The van der Waals surface area contributed by atoms with Crippen LogP contribution in [0.25, 0.3) is 0 Å². The number of hydrogen-bond donors (Lipinski definition) is 0. The smallest absolute Gasteiger partial charge is 0.306 e. The zero-order chi connectivity index (χ0) is 43.7. The number of ether oxygens (including phenoxy) is 3. The Hall–Kier alpha value is -2.63. The zero-order valence-electron chi connectivity index (χ0n) is 39.7. The molecule has 6 nitrogen and oxygen atoms in total. The van der Waals surface area contributed by atoms with Gasteiger partial charge in [0.25, 0.3) is 0 Å². The molecule has 0 amide bonds. The molecule has 0 N–H and O–H groups in total. The fourth-order valence-corrected chi connectivity index (χ4v) is 7.15. The van der Waals surface area contributed by atoms with Crippen LogP contribution >= 0.6 is 0 Å². The summed E-state index contributed by atoms with van der Waals surface area (Å²) in [7, 11) is 0. The van der Waals surface area contributed by atoms with Gasteiger partial charge in [-0.25, -0.2) is 0 Å². The van der Waals surface area contributed by atoms with Crippen molar-refractivity contribution in [2.45, 2.75) is 264 Å². The van der Waals surface area contributed by atoms with Gasteiger partial charge in [0.05, 0.1) is 0 Å². The van der Waals surface area contributed by atoms with E-state index in [2.05, 4.69) is 69.4 Å². The molecule has 0 saturated carbocycles. The van der Waals surface area contributed by atoms with E-state index >= 15 is 0 Å². The largest absolute Gasteiger partial charge is 0.462 e. The molecule has 6 heteroatoms. The van der Waals surface area contributed by atoms with E-state index in [9.17, 15) is 14.4 Å². The summed E-state index contributed by atoms with van der Waals surface area (Å²) in [6, 6.07) is 0. The second-order valence-electron chi connectivity index (χ2n) is 17.1. The average molecular weight is 841 g/mol. The van der Waals surface area contributed by atoms with E-state index in [-0.39, 0.29) is 31.1 Å². The number of rotatable bonds is 46. The molecule has 0 aliphatic rings. The van der Waals surface area contributed by atoms with Gasteiger partial charge in [0.1, 0.15) is 13.2 Å². The molecule has 348 valence electrons. The van der Waals surface area contributed by atoms with Gasteiger partial charge in [0, 0.05) is 19.3 Å². The molecule has 1 atom stereocenters. The summed E-state index contributed by atoms with van der Waals surface area (Å²) in [5.74, 6) is -0.898. The molecule has 0 aliphatic heterocycles. The Morgan fingerprint density at radius 3 is 0.983 bits per heavy atom. The highest BCUT2D eigenvalue weighted by Crippen LogP contribution is 2.14. The van der Waals surface area contributed by atoms with E-state index in [4.69, 9.17) is 14.2 Å². The summed E-state index contributed by atoms with van der Waals surface area (Å²) in [4.78, 5) is 37.7. The van der Waals surface area contributed by atoms with Crippen LogP contribution in [0.4, 0.5) is 0 Å². The first-order valence-corrected chi connectivity index (χ1v) is 25.6. The minimum absolute atomic E-state index is 0.0780. The van der Waals surface area contributed by atoms with E-state index in [0.717, 1.165) is 89.9 Å². The summed E-state index contributed by atoms with van der Waals surface area (Å²) >= 11 is 0. The molecule has 0 saturated heterocycles. The van der Waals surface area contributed by atoms with Gasteiger partial charge in [0.2, 0.25) is 0 Å². The predicted octanol–water partition coefficient (Wildman–Crippen LogP) is 16.7. The van der Waals surface area contributed by atoms with Crippen molar-refractivity contribution in [3.8, 4) is 0 Å². The Morgan fingerprint density at radius 1 is 0.333 bits per heavy atom. The number of unbranched alkanes of at least 4 members (excludes halogenated alkanes) is 27. The lowest BCUT2D eigenvalue weighted by atomic mass is 10.1. The standard InChI is InChI=1S/C54H96O6/c1-4-7-10-13-16-18-20-22-23-24-25-26-27-28-29-30-31-32-34-35-38-41-44-47-53(56)59-50-51(49-58-52(55)46-43-40-37-15-12-9-6-3)60-54(57)48-45-42-39-36-33-21-19-17-14-11-8-5-2/h17,19-20,22,24-25,27-28,51H,4-16,18,21,23,26,29-50H2,1-3H3/b19-17-,22-20-,25-24-,28-27-. The van der Waals surface area contributed by atoms with Crippen molar-refractivity contribution in [3.05, 3.63) is 48.6 Å². The molecule has 0 aromatic rings. The van der Waals surface area contributed by atoms with E-state index < -0.39 is 6.10 Å². The maximum Gasteiger partial charge on any atom is 0.306 e. The third kappa shape index (κ3) is 46.4. The van der Waals surface area contributed by atoms with E-state index in [1.54, 1.807) is 0 Å². The number of esters is 3. The molecule has 0 bridgehead atoms. The summed E-state index contributed by atoms with van der Waals surface area (Å²) in [5.41, 5.74) is 0. The maximum absolute atomic E-state index is 12.7.